The number of halogens is 3. The van der Waals surface area contributed by atoms with Gasteiger partial charge in [0.2, 0.25) is 5.88 Å². The van der Waals surface area contributed by atoms with E-state index in [0.717, 1.165) is 26.5 Å². The van der Waals surface area contributed by atoms with Crippen LogP contribution in [0.3, 0.4) is 0 Å². The fourth-order valence-corrected chi connectivity index (χ4v) is 4.39. The van der Waals surface area contributed by atoms with Crippen LogP contribution in [0.15, 0.2) is 82.8 Å². The van der Waals surface area contributed by atoms with Crippen LogP contribution in [0.1, 0.15) is 0 Å². The van der Waals surface area contributed by atoms with Crippen LogP contribution in [0.5, 0.6) is 11.6 Å². The van der Waals surface area contributed by atoms with E-state index in [1.54, 1.807) is 55.5 Å². The van der Waals surface area contributed by atoms with Gasteiger partial charge in [-0.25, -0.2) is 4.98 Å². The third kappa shape index (κ3) is 5.25. The Labute approximate surface area is 207 Å². The summed E-state index contributed by atoms with van der Waals surface area (Å²) in [7, 11) is 1.58. The molecule has 2 aromatic carbocycles. The third-order valence-electron chi connectivity index (χ3n) is 5.12. The molecule has 0 aliphatic rings. The molecule has 0 radical (unpaired) electrons. The molecule has 3 heterocycles. The first-order chi connectivity index (χ1) is 17.4. The highest BCUT2D eigenvalue weighted by atomic mass is 32.2. The van der Waals surface area contributed by atoms with Gasteiger partial charge in [-0.15, -0.1) is 10.2 Å². The van der Waals surface area contributed by atoms with Gasteiger partial charge in [-0.1, -0.05) is 30.0 Å². The number of benzene rings is 2. The topological polar surface area (TPSA) is 82.0 Å². The quantitative estimate of drug-likeness (QED) is 0.269. The van der Waals surface area contributed by atoms with Gasteiger partial charge in [0, 0.05) is 38.5 Å². The summed E-state index contributed by atoms with van der Waals surface area (Å²) in [6.45, 7) is -1.44. The van der Waals surface area contributed by atoms with Gasteiger partial charge < -0.3 is 14.8 Å². The summed E-state index contributed by atoms with van der Waals surface area (Å²) >= 11 is 1.55. The van der Waals surface area contributed by atoms with Crippen LogP contribution in [0.4, 0.5) is 24.7 Å². The SMILES string of the molecule is COc1cnc2c(Sc3ccc(Nc4nnc(OCC(F)(F)F)c5ccccc45)cc3)ccnc2c1. The third-order valence-corrected chi connectivity index (χ3v) is 6.18. The molecule has 0 spiro atoms. The smallest absolute Gasteiger partial charge is 0.422 e. The van der Waals surface area contributed by atoms with Crippen molar-refractivity contribution in [3.05, 3.63) is 73.1 Å². The zero-order valence-corrected chi connectivity index (χ0v) is 19.6. The summed E-state index contributed by atoms with van der Waals surface area (Å²) < 4.78 is 47.8. The zero-order chi connectivity index (χ0) is 25.1. The maximum atomic E-state index is 12.6. The van der Waals surface area contributed by atoms with Crippen molar-refractivity contribution in [2.24, 2.45) is 0 Å². The van der Waals surface area contributed by atoms with E-state index in [1.807, 2.05) is 36.4 Å². The minimum Gasteiger partial charge on any atom is -0.495 e. The van der Waals surface area contributed by atoms with Crippen LogP contribution < -0.4 is 14.8 Å². The summed E-state index contributed by atoms with van der Waals surface area (Å²) in [4.78, 5) is 10.8. The van der Waals surface area contributed by atoms with E-state index < -0.39 is 12.8 Å². The van der Waals surface area contributed by atoms with Crippen molar-refractivity contribution in [2.45, 2.75) is 16.0 Å². The number of fused-ring (bicyclic) bond motifs is 2. The van der Waals surface area contributed by atoms with Gasteiger partial charge in [-0.05, 0) is 36.4 Å². The minimum atomic E-state index is -4.47. The molecule has 1 N–H and O–H groups in total. The lowest BCUT2D eigenvalue weighted by Gasteiger charge is -2.13. The normalized spacial score (nSPS) is 11.6. The molecule has 0 atom stereocenters. The Morgan fingerprint density at radius 1 is 0.944 bits per heavy atom. The van der Waals surface area contributed by atoms with Crippen molar-refractivity contribution >= 4 is 45.1 Å². The van der Waals surface area contributed by atoms with Gasteiger partial charge in [0.05, 0.1) is 18.8 Å². The summed E-state index contributed by atoms with van der Waals surface area (Å²) in [6.07, 6.45) is -1.08. The van der Waals surface area contributed by atoms with Crippen molar-refractivity contribution in [1.29, 1.82) is 0 Å². The van der Waals surface area contributed by atoms with Crippen LogP contribution in [-0.4, -0.2) is 40.1 Å². The highest BCUT2D eigenvalue weighted by Crippen LogP contribution is 2.34. The molecule has 182 valence electrons. The van der Waals surface area contributed by atoms with Crippen LogP contribution in [-0.2, 0) is 0 Å². The van der Waals surface area contributed by atoms with E-state index in [4.69, 9.17) is 9.47 Å². The lowest BCUT2D eigenvalue weighted by atomic mass is 10.2. The number of alkyl halides is 3. The molecular formula is C25H18F3N5O2S. The standard InChI is InChI=1S/C25H18F3N5O2S/c1-34-16-12-20-22(30-13-16)21(10-11-29-20)36-17-8-6-15(7-9-17)31-23-18-4-2-3-5-19(18)24(33-32-23)35-14-25(26,27)28/h2-13H,14H2,1H3,(H,31,32). The number of hydrogen-bond donors (Lipinski definition) is 1. The Balaban J connectivity index is 1.35. The molecule has 7 nitrogen and oxygen atoms in total. The first kappa shape index (κ1) is 23.6. The molecule has 0 amide bonds. The average molecular weight is 510 g/mol. The highest BCUT2D eigenvalue weighted by Gasteiger charge is 2.29. The fourth-order valence-electron chi connectivity index (χ4n) is 3.48. The zero-order valence-electron chi connectivity index (χ0n) is 18.8. The Bertz CT molecular complexity index is 1530. The maximum Gasteiger partial charge on any atom is 0.422 e. The number of nitrogens with one attached hydrogen (secondary N) is 1. The highest BCUT2D eigenvalue weighted by molar-refractivity contribution is 7.99. The number of ether oxygens (including phenoxy) is 2. The van der Waals surface area contributed by atoms with Gasteiger partial charge in [0.15, 0.2) is 12.4 Å². The predicted octanol–water partition coefficient (Wildman–Crippen LogP) is 6.42. The Hall–Kier alpha value is -4.12. The molecule has 5 rings (SSSR count). The summed E-state index contributed by atoms with van der Waals surface area (Å²) in [6, 6.07) is 18.3. The van der Waals surface area contributed by atoms with Crippen molar-refractivity contribution in [2.75, 3.05) is 19.0 Å². The van der Waals surface area contributed by atoms with Gasteiger partial charge in [0.25, 0.3) is 0 Å². The molecule has 11 heteroatoms. The predicted molar refractivity (Wildman–Crippen MR) is 131 cm³/mol. The number of methoxy groups -OCH3 is 1. The summed E-state index contributed by atoms with van der Waals surface area (Å²) in [5, 5.41) is 12.1. The van der Waals surface area contributed by atoms with Gasteiger partial charge in [-0.2, -0.15) is 13.2 Å². The molecule has 5 aromatic rings. The van der Waals surface area contributed by atoms with E-state index in [-0.39, 0.29) is 5.88 Å². The maximum absolute atomic E-state index is 12.6. The lowest BCUT2D eigenvalue weighted by molar-refractivity contribution is -0.153. The molecule has 0 bridgehead atoms. The second kappa shape index (κ2) is 9.86. The summed E-state index contributed by atoms with van der Waals surface area (Å²) in [5.74, 6) is 0.878. The number of nitrogens with zero attached hydrogens (tertiary/aromatic N) is 4. The molecule has 0 aliphatic heterocycles. The van der Waals surface area contributed by atoms with E-state index in [1.165, 1.54) is 0 Å². The van der Waals surface area contributed by atoms with Gasteiger partial charge in [0.1, 0.15) is 11.3 Å². The monoisotopic (exact) mass is 509 g/mol. The second-order valence-corrected chi connectivity index (χ2v) is 8.72. The van der Waals surface area contributed by atoms with E-state index >= 15 is 0 Å². The lowest BCUT2D eigenvalue weighted by Crippen LogP contribution is -2.20. The number of aromatic nitrogens is 4. The fraction of sp³-hybridized carbons (Fsp3) is 0.120. The van der Waals surface area contributed by atoms with Crippen LogP contribution in [0.2, 0.25) is 0 Å². The molecular weight excluding hydrogens is 491 g/mol. The molecule has 3 aromatic heterocycles. The number of anilines is 2. The van der Waals surface area contributed by atoms with Crippen LogP contribution in [0.25, 0.3) is 21.8 Å². The largest absolute Gasteiger partial charge is 0.495 e. The molecule has 0 unspecified atom stereocenters. The number of pyridine rings is 2. The average Bonchev–Trinajstić information content (AvgIpc) is 2.88. The first-order valence-corrected chi connectivity index (χ1v) is 11.5. The minimum absolute atomic E-state index is 0.170. The Kier molecular flexibility index (Phi) is 6.47. The molecule has 0 saturated carbocycles. The van der Waals surface area contributed by atoms with Crippen LogP contribution in [0, 0.1) is 0 Å². The molecule has 0 saturated heterocycles. The number of rotatable bonds is 7. The van der Waals surface area contributed by atoms with Gasteiger partial charge >= 0.3 is 6.18 Å². The van der Waals surface area contributed by atoms with Gasteiger partial charge in [-0.3, -0.25) is 4.98 Å². The van der Waals surface area contributed by atoms with Crippen molar-refractivity contribution in [1.82, 2.24) is 20.2 Å². The van der Waals surface area contributed by atoms with Crippen molar-refractivity contribution in [3.8, 4) is 11.6 Å². The van der Waals surface area contributed by atoms with E-state index in [0.29, 0.717) is 22.3 Å². The second-order valence-electron chi connectivity index (χ2n) is 7.61. The number of hydrogen-bond acceptors (Lipinski definition) is 8. The Morgan fingerprint density at radius 2 is 1.72 bits per heavy atom. The first-order valence-electron chi connectivity index (χ1n) is 10.7. The molecule has 36 heavy (non-hydrogen) atoms. The molecule has 0 aliphatic carbocycles. The van der Waals surface area contributed by atoms with Crippen molar-refractivity contribution in [3.63, 3.8) is 0 Å². The van der Waals surface area contributed by atoms with E-state index in [2.05, 4.69) is 25.5 Å². The van der Waals surface area contributed by atoms with Crippen molar-refractivity contribution < 1.29 is 22.6 Å². The summed E-state index contributed by atoms with van der Waals surface area (Å²) in [5.41, 5.74) is 2.26. The Morgan fingerprint density at radius 3 is 2.47 bits per heavy atom. The van der Waals surface area contributed by atoms with E-state index in [9.17, 15) is 13.2 Å². The van der Waals surface area contributed by atoms with Crippen LogP contribution >= 0.6 is 11.8 Å². The molecule has 0 fully saturated rings.